The number of oxazole rings is 1. The van der Waals surface area contributed by atoms with Crippen LogP contribution >= 0.6 is 0 Å². The molecule has 3 heterocycles. The van der Waals surface area contributed by atoms with Crippen molar-refractivity contribution >= 4 is 11.7 Å². The maximum absolute atomic E-state index is 12.7. The molecule has 3 aromatic rings. The Morgan fingerprint density at radius 3 is 2.79 bits per heavy atom. The lowest BCUT2D eigenvalue weighted by molar-refractivity contribution is 0.0733. The SMILES string of the molecule is Nc1cc2c(nn1)CCN(C(=O)c1ccc(-c3cnco3)cc1)C2. The standard InChI is InChI=1S/C17H15N5O2/c18-16-7-13-9-22(6-5-14(13)20-21-16)17(23)12-3-1-11(2-4-12)15-8-19-10-24-15/h1-4,7-8,10H,5-6,9H2,(H2,18,21). The van der Waals surface area contributed by atoms with E-state index in [2.05, 4.69) is 15.2 Å². The molecule has 0 atom stereocenters. The smallest absolute Gasteiger partial charge is 0.254 e. The molecule has 0 saturated heterocycles. The summed E-state index contributed by atoms with van der Waals surface area (Å²) in [7, 11) is 0. The summed E-state index contributed by atoms with van der Waals surface area (Å²) in [6, 6.07) is 9.10. The number of fused-ring (bicyclic) bond motifs is 1. The Balaban J connectivity index is 1.54. The molecule has 0 aliphatic carbocycles. The fourth-order valence-corrected chi connectivity index (χ4v) is 2.84. The van der Waals surface area contributed by atoms with Crippen LogP contribution in [0.2, 0.25) is 0 Å². The van der Waals surface area contributed by atoms with Crippen molar-refractivity contribution in [2.75, 3.05) is 12.3 Å². The topological polar surface area (TPSA) is 98.1 Å². The molecule has 1 amide bonds. The van der Waals surface area contributed by atoms with Gasteiger partial charge in [-0.05, 0) is 23.8 Å². The number of aromatic nitrogens is 3. The molecule has 1 aliphatic rings. The molecule has 0 unspecified atom stereocenters. The van der Waals surface area contributed by atoms with Crippen LogP contribution in [0.3, 0.4) is 0 Å². The third kappa shape index (κ3) is 2.60. The Morgan fingerprint density at radius 2 is 2.04 bits per heavy atom. The van der Waals surface area contributed by atoms with Gasteiger partial charge < -0.3 is 15.1 Å². The van der Waals surface area contributed by atoms with Crippen molar-refractivity contribution in [1.82, 2.24) is 20.1 Å². The van der Waals surface area contributed by atoms with Gasteiger partial charge in [0.1, 0.15) is 5.82 Å². The van der Waals surface area contributed by atoms with Crippen molar-refractivity contribution in [2.24, 2.45) is 0 Å². The van der Waals surface area contributed by atoms with Crippen LogP contribution in [0.5, 0.6) is 0 Å². The lowest BCUT2D eigenvalue weighted by Crippen LogP contribution is -2.36. The van der Waals surface area contributed by atoms with E-state index in [1.165, 1.54) is 6.39 Å². The summed E-state index contributed by atoms with van der Waals surface area (Å²) in [4.78, 5) is 18.4. The van der Waals surface area contributed by atoms with Crippen molar-refractivity contribution in [2.45, 2.75) is 13.0 Å². The van der Waals surface area contributed by atoms with Crippen LogP contribution in [0.4, 0.5) is 5.82 Å². The summed E-state index contributed by atoms with van der Waals surface area (Å²) in [6.07, 6.45) is 3.71. The Bertz CT molecular complexity index is 875. The van der Waals surface area contributed by atoms with E-state index in [1.54, 1.807) is 29.3 Å². The average molecular weight is 321 g/mol. The van der Waals surface area contributed by atoms with Gasteiger partial charge in [-0.15, -0.1) is 5.10 Å². The number of nitrogen functional groups attached to an aromatic ring is 1. The second-order valence-electron chi connectivity index (χ2n) is 5.66. The molecular formula is C17H15N5O2. The molecule has 0 radical (unpaired) electrons. The number of nitrogens with two attached hydrogens (primary N) is 1. The van der Waals surface area contributed by atoms with Gasteiger partial charge in [0.2, 0.25) is 0 Å². The Kier molecular flexibility index (Phi) is 3.45. The molecular weight excluding hydrogens is 306 g/mol. The van der Waals surface area contributed by atoms with Gasteiger partial charge in [-0.1, -0.05) is 12.1 Å². The van der Waals surface area contributed by atoms with Crippen molar-refractivity contribution in [3.63, 3.8) is 0 Å². The van der Waals surface area contributed by atoms with E-state index in [0.29, 0.717) is 36.7 Å². The highest BCUT2D eigenvalue weighted by molar-refractivity contribution is 5.94. The molecule has 7 nitrogen and oxygen atoms in total. The summed E-state index contributed by atoms with van der Waals surface area (Å²) in [6.45, 7) is 1.12. The number of anilines is 1. The number of amides is 1. The lowest BCUT2D eigenvalue weighted by atomic mass is 10.0. The fourth-order valence-electron chi connectivity index (χ4n) is 2.84. The highest BCUT2D eigenvalue weighted by atomic mass is 16.3. The predicted molar refractivity (Wildman–Crippen MR) is 86.8 cm³/mol. The first-order valence-electron chi connectivity index (χ1n) is 7.60. The number of carbonyl (C=O) groups is 1. The van der Waals surface area contributed by atoms with E-state index in [1.807, 2.05) is 12.1 Å². The van der Waals surface area contributed by atoms with Crippen LogP contribution in [-0.2, 0) is 13.0 Å². The predicted octanol–water partition coefficient (Wildman–Crippen LogP) is 1.91. The Morgan fingerprint density at radius 1 is 1.21 bits per heavy atom. The minimum Gasteiger partial charge on any atom is -0.444 e. The van der Waals surface area contributed by atoms with Crippen molar-refractivity contribution in [1.29, 1.82) is 0 Å². The van der Waals surface area contributed by atoms with Crippen molar-refractivity contribution in [3.05, 3.63) is 59.7 Å². The molecule has 1 aromatic carbocycles. The van der Waals surface area contributed by atoms with E-state index in [9.17, 15) is 4.79 Å². The molecule has 2 aromatic heterocycles. The van der Waals surface area contributed by atoms with E-state index < -0.39 is 0 Å². The van der Waals surface area contributed by atoms with Gasteiger partial charge in [0.05, 0.1) is 11.9 Å². The van der Waals surface area contributed by atoms with Gasteiger partial charge in [0.15, 0.2) is 12.2 Å². The third-order valence-electron chi connectivity index (χ3n) is 4.09. The van der Waals surface area contributed by atoms with Gasteiger partial charge in [0, 0.05) is 30.6 Å². The van der Waals surface area contributed by atoms with Crippen molar-refractivity contribution < 1.29 is 9.21 Å². The third-order valence-corrected chi connectivity index (χ3v) is 4.09. The largest absolute Gasteiger partial charge is 0.444 e. The van der Waals surface area contributed by atoms with Crippen LogP contribution in [0, 0.1) is 0 Å². The zero-order valence-electron chi connectivity index (χ0n) is 12.8. The zero-order valence-corrected chi connectivity index (χ0v) is 12.8. The summed E-state index contributed by atoms with van der Waals surface area (Å²) < 4.78 is 5.26. The van der Waals surface area contributed by atoms with Crippen molar-refractivity contribution in [3.8, 4) is 11.3 Å². The second kappa shape index (κ2) is 5.77. The molecule has 24 heavy (non-hydrogen) atoms. The minimum atomic E-state index is -0.0137. The first kappa shape index (κ1) is 14.4. The Hall–Kier alpha value is -3.22. The minimum absolute atomic E-state index is 0.0137. The summed E-state index contributed by atoms with van der Waals surface area (Å²) in [5, 5.41) is 7.96. The van der Waals surface area contributed by atoms with Gasteiger partial charge in [-0.2, -0.15) is 5.10 Å². The first-order valence-corrected chi connectivity index (χ1v) is 7.60. The summed E-state index contributed by atoms with van der Waals surface area (Å²) in [5.41, 5.74) is 9.08. The van der Waals surface area contributed by atoms with Crippen LogP contribution < -0.4 is 5.73 Å². The van der Waals surface area contributed by atoms with E-state index >= 15 is 0 Å². The van der Waals surface area contributed by atoms with Crippen LogP contribution in [0.1, 0.15) is 21.6 Å². The fraction of sp³-hybridized carbons (Fsp3) is 0.176. The highest BCUT2D eigenvalue weighted by Crippen LogP contribution is 2.22. The summed E-state index contributed by atoms with van der Waals surface area (Å²) in [5.74, 6) is 1.04. The molecule has 0 fully saturated rings. The number of hydrogen-bond acceptors (Lipinski definition) is 6. The highest BCUT2D eigenvalue weighted by Gasteiger charge is 2.23. The van der Waals surface area contributed by atoms with Crippen LogP contribution in [0.15, 0.2) is 47.3 Å². The second-order valence-corrected chi connectivity index (χ2v) is 5.66. The first-order chi connectivity index (χ1) is 11.7. The molecule has 1 aliphatic heterocycles. The molecule has 2 N–H and O–H groups in total. The number of benzene rings is 1. The maximum atomic E-state index is 12.7. The number of hydrogen-bond donors (Lipinski definition) is 1. The van der Waals surface area contributed by atoms with Gasteiger partial charge in [-0.25, -0.2) is 4.98 Å². The van der Waals surface area contributed by atoms with Crippen LogP contribution in [0.25, 0.3) is 11.3 Å². The molecule has 0 spiro atoms. The van der Waals surface area contributed by atoms with E-state index in [0.717, 1.165) is 16.8 Å². The Labute approximate surface area is 138 Å². The number of nitrogens with zero attached hydrogens (tertiary/aromatic N) is 4. The molecule has 4 rings (SSSR count). The summed E-state index contributed by atoms with van der Waals surface area (Å²) >= 11 is 0. The monoisotopic (exact) mass is 321 g/mol. The number of rotatable bonds is 2. The van der Waals surface area contributed by atoms with Gasteiger partial charge in [-0.3, -0.25) is 4.79 Å². The normalized spacial score (nSPS) is 13.6. The average Bonchev–Trinajstić information content (AvgIpc) is 3.15. The van der Waals surface area contributed by atoms with Gasteiger partial charge in [0.25, 0.3) is 5.91 Å². The number of carbonyl (C=O) groups excluding carboxylic acids is 1. The van der Waals surface area contributed by atoms with E-state index in [-0.39, 0.29) is 5.91 Å². The van der Waals surface area contributed by atoms with Gasteiger partial charge >= 0.3 is 0 Å². The molecule has 7 heteroatoms. The lowest BCUT2D eigenvalue weighted by Gasteiger charge is -2.28. The molecule has 0 saturated carbocycles. The quantitative estimate of drug-likeness (QED) is 0.774. The zero-order chi connectivity index (χ0) is 16.5. The maximum Gasteiger partial charge on any atom is 0.254 e. The van der Waals surface area contributed by atoms with E-state index in [4.69, 9.17) is 10.2 Å². The molecule has 120 valence electrons. The molecule has 0 bridgehead atoms. The van der Waals surface area contributed by atoms with Crippen LogP contribution in [-0.4, -0.2) is 32.5 Å².